The average Bonchev–Trinajstić information content (AvgIpc) is 2.58. The summed E-state index contributed by atoms with van der Waals surface area (Å²) in [6.07, 6.45) is -0.925. The first-order valence-corrected chi connectivity index (χ1v) is 8.71. The molecule has 1 amide bonds. The lowest BCUT2D eigenvalue weighted by atomic mass is 10.0. The van der Waals surface area contributed by atoms with Crippen LogP contribution in [0.25, 0.3) is 0 Å². The van der Waals surface area contributed by atoms with Gasteiger partial charge in [0.05, 0.1) is 12.5 Å². The van der Waals surface area contributed by atoms with E-state index < -0.39 is 23.7 Å². The Morgan fingerprint density at radius 2 is 1.78 bits per heavy atom. The third kappa shape index (κ3) is 7.40. The molecule has 2 rings (SSSR count). The maximum absolute atomic E-state index is 12.1. The molecule has 2 N–H and O–H groups in total. The van der Waals surface area contributed by atoms with Crippen LogP contribution in [0.15, 0.2) is 54.6 Å². The molecule has 0 radical (unpaired) electrons. The van der Waals surface area contributed by atoms with E-state index in [1.165, 1.54) is 0 Å². The van der Waals surface area contributed by atoms with Gasteiger partial charge in [-0.15, -0.1) is 0 Å². The molecule has 6 heteroatoms. The molecule has 0 aromatic heterocycles. The highest BCUT2D eigenvalue weighted by Gasteiger charge is 2.22. The minimum atomic E-state index is -1.02. The van der Waals surface area contributed by atoms with Crippen LogP contribution in [0.2, 0.25) is 0 Å². The van der Waals surface area contributed by atoms with Gasteiger partial charge in [-0.2, -0.15) is 0 Å². The Morgan fingerprint density at radius 1 is 1.07 bits per heavy atom. The van der Waals surface area contributed by atoms with Gasteiger partial charge in [0.1, 0.15) is 18.0 Å². The van der Waals surface area contributed by atoms with Crippen molar-refractivity contribution in [1.82, 2.24) is 5.32 Å². The molecular weight excluding hydrogens is 346 g/mol. The van der Waals surface area contributed by atoms with Crippen molar-refractivity contribution in [3.63, 3.8) is 0 Å². The first-order chi connectivity index (χ1) is 12.7. The highest BCUT2D eigenvalue weighted by atomic mass is 16.6. The number of carbonyl (C=O) groups is 2. The van der Waals surface area contributed by atoms with Gasteiger partial charge in [0, 0.05) is 0 Å². The summed E-state index contributed by atoms with van der Waals surface area (Å²) in [4.78, 5) is 23.3. The average molecular weight is 371 g/mol. The Bertz CT molecular complexity index is 768. The number of hydrogen-bond donors (Lipinski definition) is 2. The van der Waals surface area contributed by atoms with Gasteiger partial charge in [0.2, 0.25) is 0 Å². The van der Waals surface area contributed by atoms with Gasteiger partial charge in [-0.25, -0.2) is 4.79 Å². The van der Waals surface area contributed by atoms with Crippen molar-refractivity contribution < 1.29 is 24.2 Å². The number of carboxylic acids is 1. The molecule has 1 atom stereocenters. The molecule has 0 bridgehead atoms. The Balaban J connectivity index is 2.10. The first-order valence-electron chi connectivity index (χ1n) is 8.71. The smallest absolute Gasteiger partial charge is 0.408 e. The van der Waals surface area contributed by atoms with Crippen molar-refractivity contribution in [2.75, 3.05) is 0 Å². The molecule has 144 valence electrons. The van der Waals surface area contributed by atoms with Crippen LogP contribution in [0.5, 0.6) is 5.75 Å². The fraction of sp³-hybridized carbons (Fsp3) is 0.333. The molecule has 6 nitrogen and oxygen atoms in total. The van der Waals surface area contributed by atoms with E-state index in [0.29, 0.717) is 17.9 Å². The Morgan fingerprint density at radius 3 is 2.41 bits per heavy atom. The zero-order valence-electron chi connectivity index (χ0n) is 15.8. The van der Waals surface area contributed by atoms with Crippen molar-refractivity contribution in [1.29, 1.82) is 0 Å². The van der Waals surface area contributed by atoms with Crippen molar-refractivity contribution in [3.8, 4) is 5.75 Å². The minimum Gasteiger partial charge on any atom is -0.489 e. The van der Waals surface area contributed by atoms with Gasteiger partial charge in [-0.3, -0.25) is 4.79 Å². The van der Waals surface area contributed by atoms with Crippen molar-refractivity contribution in [2.24, 2.45) is 0 Å². The quantitative estimate of drug-likeness (QED) is 0.758. The van der Waals surface area contributed by atoms with E-state index in [2.05, 4.69) is 5.32 Å². The molecule has 2 aromatic carbocycles. The second-order valence-electron chi connectivity index (χ2n) is 7.14. The van der Waals surface area contributed by atoms with Crippen LogP contribution < -0.4 is 10.1 Å². The van der Waals surface area contributed by atoms with Crippen molar-refractivity contribution in [2.45, 2.75) is 45.4 Å². The van der Waals surface area contributed by atoms with E-state index in [9.17, 15) is 14.7 Å². The molecule has 0 saturated heterocycles. The number of benzene rings is 2. The third-order valence-corrected chi connectivity index (χ3v) is 3.58. The summed E-state index contributed by atoms with van der Waals surface area (Å²) in [6.45, 7) is 5.64. The van der Waals surface area contributed by atoms with Crippen LogP contribution in [-0.2, 0) is 16.1 Å². The lowest BCUT2D eigenvalue weighted by Crippen LogP contribution is -2.35. The van der Waals surface area contributed by atoms with Crippen molar-refractivity contribution in [3.05, 3.63) is 65.7 Å². The number of hydrogen-bond acceptors (Lipinski definition) is 4. The minimum absolute atomic E-state index is 0.263. The fourth-order valence-corrected chi connectivity index (χ4v) is 2.44. The van der Waals surface area contributed by atoms with Gasteiger partial charge in [0.15, 0.2) is 0 Å². The van der Waals surface area contributed by atoms with E-state index >= 15 is 0 Å². The number of ether oxygens (including phenoxy) is 2. The Labute approximate surface area is 159 Å². The molecule has 0 unspecified atom stereocenters. The normalized spacial score (nSPS) is 12.1. The van der Waals surface area contributed by atoms with E-state index in [4.69, 9.17) is 9.47 Å². The molecule has 0 spiro atoms. The standard InChI is InChI=1S/C21H25NO5/c1-21(2,3)27-20(25)22-18(13-19(23)24)16-10-7-11-17(12-16)26-14-15-8-5-4-6-9-15/h4-12,18H,13-14H2,1-3H3,(H,22,25)(H,23,24)/t18-/m0/s1. The predicted molar refractivity (Wildman–Crippen MR) is 102 cm³/mol. The van der Waals surface area contributed by atoms with Crippen LogP contribution in [0.1, 0.15) is 44.4 Å². The van der Waals surface area contributed by atoms with E-state index in [-0.39, 0.29) is 6.42 Å². The van der Waals surface area contributed by atoms with Gasteiger partial charge in [-0.05, 0) is 44.0 Å². The summed E-state index contributed by atoms with van der Waals surface area (Å²) < 4.78 is 11.0. The molecule has 0 saturated carbocycles. The van der Waals surface area contributed by atoms with E-state index in [1.807, 2.05) is 30.3 Å². The van der Waals surface area contributed by atoms with Crippen LogP contribution in [0.3, 0.4) is 0 Å². The number of alkyl carbamates (subject to hydrolysis) is 1. The molecule has 27 heavy (non-hydrogen) atoms. The fourth-order valence-electron chi connectivity index (χ4n) is 2.44. The maximum atomic E-state index is 12.1. The predicted octanol–water partition coefficient (Wildman–Crippen LogP) is 4.31. The van der Waals surface area contributed by atoms with Crippen LogP contribution in [0, 0.1) is 0 Å². The molecule has 0 heterocycles. The number of nitrogens with one attached hydrogen (secondary N) is 1. The summed E-state index contributed by atoms with van der Waals surface area (Å²) >= 11 is 0. The Kier molecular flexibility index (Phi) is 6.82. The summed E-state index contributed by atoms with van der Waals surface area (Å²) in [6, 6.07) is 16.0. The molecule has 0 aliphatic heterocycles. The number of carboxylic acid groups (broad SMARTS) is 1. The summed E-state index contributed by atoms with van der Waals surface area (Å²) in [5, 5.41) is 11.8. The highest BCUT2D eigenvalue weighted by molar-refractivity contribution is 5.72. The maximum Gasteiger partial charge on any atom is 0.408 e. The summed E-state index contributed by atoms with van der Waals surface area (Å²) in [7, 11) is 0. The van der Waals surface area contributed by atoms with Gasteiger partial charge in [-0.1, -0.05) is 42.5 Å². The number of carbonyl (C=O) groups excluding carboxylic acids is 1. The molecule has 2 aromatic rings. The van der Waals surface area contributed by atoms with Crippen molar-refractivity contribution >= 4 is 12.1 Å². The van der Waals surface area contributed by atoms with Crippen LogP contribution in [0.4, 0.5) is 4.79 Å². The third-order valence-electron chi connectivity index (χ3n) is 3.58. The number of aliphatic carboxylic acids is 1. The zero-order valence-corrected chi connectivity index (χ0v) is 15.8. The largest absolute Gasteiger partial charge is 0.489 e. The van der Waals surface area contributed by atoms with E-state index in [0.717, 1.165) is 5.56 Å². The van der Waals surface area contributed by atoms with Crippen LogP contribution >= 0.6 is 0 Å². The Hall–Kier alpha value is -3.02. The zero-order chi connectivity index (χ0) is 19.9. The number of amides is 1. The summed E-state index contributed by atoms with van der Waals surface area (Å²) in [5.74, 6) is -0.426. The second-order valence-corrected chi connectivity index (χ2v) is 7.14. The second kappa shape index (κ2) is 9.07. The topological polar surface area (TPSA) is 84.9 Å². The van der Waals surface area contributed by atoms with E-state index in [1.54, 1.807) is 45.0 Å². The number of rotatable bonds is 7. The van der Waals surface area contributed by atoms with Gasteiger partial charge >= 0.3 is 12.1 Å². The lowest BCUT2D eigenvalue weighted by molar-refractivity contribution is -0.137. The van der Waals surface area contributed by atoms with Gasteiger partial charge in [0.25, 0.3) is 0 Å². The molecular formula is C21H25NO5. The summed E-state index contributed by atoms with van der Waals surface area (Å²) in [5.41, 5.74) is 0.990. The van der Waals surface area contributed by atoms with Crippen LogP contribution in [-0.4, -0.2) is 22.8 Å². The highest BCUT2D eigenvalue weighted by Crippen LogP contribution is 2.23. The molecule has 0 fully saturated rings. The lowest BCUT2D eigenvalue weighted by Gasteiger charge is -2.23. The SMILES string of the molecule is CC(C)(C)OC(=O)N[C@@H](CC(=O)O)c1cccc(OCc2ccccc2)c1. The monoisotopic (exact) mass is 371 g/mol. The first kappa shape index (κ1) is 20.3. The van der Waals surface area contributed by atoms with Gasteiger partial charge < -0.3 is 19.9 Å². The molecule has 0 aliphatic carbocycles. The molecule has 0 aliphatic rings.